The third-order valence-electron chi connectivity index (χ3n) is 4.85. The van der Waals surface area contributed by atoms with Crippen LogP contribution in [0.4, 0.5) is 0 Å². The van der Waals surface area contributed by atoms with Crippen molar-refractivity contribution in [3.8, 4) is 0 Å². The molecule has 5 heteroatoms. The van der Waals surface area contributed by atoms with Gasteiger partial charge in [-0.3, -0.25) is 10.1 Å². The van der Waals surface area contributed by atoms with Gasteiger partial charge >= 0.3 is 5.97 Å². The molecule has 0 spiro atoms. The van der Waals surface area contributed by atoms with Crippen molar-refractivity contribution < 1.29 is 9.90 Å². The molecular weight excluding hydrogens is 254 g/mol. The third kappa shape index (κ3) is 4.17. The Balaban J connectivity index is 1.80. The molecule has 1 unspecified atom stereocenters. The number of rotatable bonds is 7. The first kappa shape index (κ1) is 15.7. The van der Waals surface area contributed by atoms with Crippen molar-refractivity contribution in [1.29, 1.82) is 0 Å². The van der Waals surface area contributed by atoms with Gasteiger partial charge in [0.1, 0.15) is 5.54 Å². The number of hydrogen-bond donors (Lipinski definition) is 2. The van der Waals surface area contributed by atoms with E-state index in [1.54, 1.807) is 0 Å². The summed E-state index contributed by atoms with van der Waals surface area (Å²) in [5.41, 5.74) is -0.777. The molecular formula is C15H29N3O2. The molecule has 1 aliphatic carbocycles. The molecule has 1 heterocycles. The molecule has 1 saturated heterocycles. The van der Waals surface area contributed by atoms with Gasteiger partial charge in [0, 0.05) is 18.6 Å². The Morgan fingerprint density at radius 1 is 1.35 bits per heavy atom. The molecule has 20 heavy (non-hydrogen) atoms. The van der Waals surface area contributed by atoms with E-state index in [0.29, 0.717) is 18.5 Å². The van der Waals surface area contributed by atoms with Gasteiger partial charge in [0.25, 0.3) is 0 Å². The van der Waals surface area contributed by atoms with Gasteiger partial charge in [-0.2, -0.15) is 0 Å². The predicted molar refractivity (Wildman–Crippen MR) is 80.0 cm³/mol. The summed E-state index contributed by atoms with van der Waals surface area (Å²) in [4.78, 5) is 16.2. The lowest BCUT2D eigenvalue weighted by Crippen LogP contribution is -2.53. The van der Waals surface area contributed by atoms with Gasteiger partial charge in [-0.25, -0.2) is 0 Å². The fourth-order valence-corrected chi connectivity index (χ4v) is 2.94. The van der Waals surface area contributed by atoms with Crippen molar-refractivity contribution >= 4 is 5.97 Å². The SMILES string of the molecule is CN1CCC(N(C)CCC(C)(NC2CC2)C(=O)O)CC1. The summed E-state index contributed by atoms with van der Waals surface area (Å²) in [5.74, 6) is -0.721. The molecule has 0 aromatic rings. The maximum absolute atomic E-state index is 11.5. The number of aliphatic carboxylic acids is 1. The topological polar surface area (TPSA) is 55.8 Å². The molecule has 1 saturated carbocycles. The molecule has 1 atom stereocenters. The summed E-state index contributed by atoms with van der Waals surface area (Å²) in [7, 11) is 4.30. The lowest BCUT2D eigenvalue weighted by molar-refractivity contribution is -0.144. The molecule has 0 aromatic carbocycles. The second kappa shape index (κ2) is 6.41. The molecule has 2 aliphatic rings. The molecule has 1 aliphatic heterocycles. The zero-order valence-corrected chi connectivity index (χ0v) is 13.1. The molecule has 0 aromatic heterocycles. The maximum Gasteiger partial charge on any atom is 0.323 e. The number of carbonyl (C=O) groups is 1. The van der Waals surface area contributed by atoms with Crippen LogP contribution in [0.5, 0.6) is 0 Å². The van der Waals surface area contributed by atoms with Crippen molar-refractivity contribution in [3.05, 3.63) is 0 Å². The van der Waals surface area contributed by atoms with Crippen LogP contribution in [-0.4, -0.2) is 72.2 Å². The highest BCUT2D eigenvalue weighted by Crippen LogP contribution is 2.25. The molecule has 116 valence electrons. The van der Waals surface area contributed by atoms with Gasteiger partial charge < -0.3 is 14.9 Å². The van der Waals surface area contributed by atoms with Crippen molar-refractivity contribution in [2.75, 3.05) is 33.7 Å². The quantitative estimate of drug-likeness (QED) is 0.730. The zero-order chi connectivity index (χ0) is 14.8. The van der Waals surface area contributed by atoms with E-state index in [1.807, 2.05) is 6.92 Å². The normalized spacial score (nSPS) is 24.8. The average molecular weight is 283 g/mol. The van der Waals surface area contributed by atoms with Crippen LogP contribution in [0.2, 0.25) is 0 Å². The highest BCUT2D eigenvalue weighted by molar-refractivity contribution is 5.78. The molecule has 0 bridgehead atoms. The molecule has 2 N–H and O–H groups in total. The summed E-state index contributed by atoms with van der Waals surface area (Å²) >= 11 is 0. The number of carboxylic acids is 1. The van der Waals surface area contributed by atoms with E-state index in [2.05, 4.69) is 29.2 Å². The Kier molecular flexibility index (Phi) is 5.04. The Bertz CT molecular complexity index is 338. The Labute approximate surface area is 122 Å². The first-order chi connectivity index (χ1) is 9.40. The van der Waals surface area contributed by atoms with E-state index in [4.69, 9.17) is 0 Å². The molecule has 0 amide bonds. The Morgan fingerprint density at radius 2 is 1.95 bits per heavy atom. The first-order valence-corrected chi connectivity index (χ1v) is 7.80. The van der Waals surface area contributed by atoms with E-state index in [1.165, 1.54) is 12.8 Å². The highest BCUT2D eigenvalue weighted by atomic mass is 16.4. The minimum Gasteiger partial charge on any atom is -0.480 e. The number of nitrogens with zero attached hydrogens (tertiary/aromatic N) is 2. The Morgan fingerprint density at radius 3 is 2.45 bits per heavy atom. The standard InChI is InChI=1S/C15H29N3O2/c1-15(14(19)20,16-12-4-5-12)8-11-18(3)13-6-9-17(2)10-7-13/h12-13,16H,4-11H2,1-3H3,(H,19,20). The molecule has 5 nitrogen and oxygen atoms in total. The fraction of sp³-hybridized carbons (Fsp3) is 0.933. The van der Waals surface area contributed by atoms with Crippen LogP contribution in [0, 0.1) is 0 Å². The van der Waals surface area contributed by atoms with E-state index in [9.17, 15) is 9.90 Å². The van der Waals surface area contributed by atoms with E-state index >= 15 is 0 Å². The van der Waals surface area contributed by atoms with E-state index in [-0.39, 0.29) is 0 Å². The summed E-state index contributed by atoms with van der Waals surface area (Å²) in [5, 5.41) is 12.8. The number of carboxylic acid groups (broad SMARTS) is 1. The van der Waals surface area contributed by atoms with Gasteiger partial charge in [0.2, 0.25) is 0 Å². The van der Waals surface area contributed by atoms with Crippen LogP contribution in [0.3, 0.4) is 0 Å². The molecule has 2 rings (SSSR count). The third-order valence-corrected chi connectivity index (χ3v) is 4.85. The fourth-order valence-electron chi connectivity index (χ4n) is 2.94. The number of piperidine rings is 1. The minimum atomic E-state index is -0.777. The lowest BCUT2D eigenvalue weighted by atomic mass is 9.96. The van der Waals surface area contributed by atoms with Crippen LogP contribution < -0.4 is 5.32 Å². The first-order valence-electron chi connectivity index (χ1n) is 7.80. The van der Waals surface area contributed by atoms with Crippen LogP contribution in [0.25, 0.3) is 0 Å². The van der Waals surface area contributed by atoms with Crippen LogP contribution >= 0.6 is 0 Å². The number of likely N-dealkylation sites (tertiary alicyclic amines) is 1. The summed E-state index contributed by atoms with van der Waals surface area (Å²) in [6, 6.07) is 1.02. The molecule has 2 fully saturated rings. The van der Waals surface area contributed by atoms with E-state index < -0.39 is 11.5 Å². The van der Waals surface area contributed by atoms with Gasteiger partial charge in [-0.1, -0.05) is 0 Å². The monoisotopic (exact) mass is 283 g/mol. The number of nitrogens with one attached hydrogen (secondary N) is 1. The van der Waals surface area contributed by atoms with Crippen molar-refractivity contribution in [1.82, 2.24) is 15.1 Å². The lowest BCUT2D eigenvalue weighted by Gasteiger charge is -2.36. The largest absolute Gasteiger partial charge is 0.480 e. The summed E-state index contributed by atoms with van der Waals surface area (Å²) in [6.45, 7) is 4.96. The van der Waals surface area contributed by atoms with Gasteiger partial charge in [0.15, 0.2) is 0 Å². The zero-order valence-electron chi connectivity index (χ0n) is 13.1. The second-order valence-electron chi connectivity index (χ2n) is 6.82. The van der Waals surface area contributed by atoms with Crippen LogP contribution in [-0.2, 0) is 4.79 Å². The van der Waals surface area contributed by atoms with Crippen molar-refractivity contribution in [2.45, 2.75) is 56.7 Å². The van der Waals surface area contributed by atoms with Gasteiger partial charge in [-0.15, -0.1) is 0 Å². The minimum absolute atomic E-state index is 0.421. The predicted octanol–water partition coefficient (Wildman–Crippen LogP) is 0.998. The molecule has 0 radical (unpaired) electrons. The van der Waals surface area contributed by atoms with Gasteiger partial charge in [0.05, 0.1) is 0 Å². The Hall–Kier alpha value is -0.650. The average Bonchev–Trinajstić information content (AvgIpc) is 3.20. The van der Waals surface area contributed by atoms with Crippen molar-refractivity contribution in [2.24, 2.45) is 0 Å². The summed E-state index contributed by atoms with van der Waals surface area (Å²) < 4.78 is 0. The van der Waals surface area contributed by atoms with Crippen LogP contribution in [0.15, 0.2) is 0 Å². The maximum atomic E-state index is 11.5. The smallest absolute Gasteiger partial charge is 0.323 e. The van der Waals surface area contributed by atoms with Crippen molar-refractivity contribution in [3.63, 3.8) is 0 Å². The van der Waals surface area contributed by atoms with Crippen LogP contribution in [0.1, 0.15) is 39.0 Å². The second-order valence-corrected chi connectivity index (χ2v) is 6.82. The van der Waals surface area contributed by atoms with E-state index in [0.717, 1.165) is 32.5 Å². The van der Waals surface area contributed by atoms with Gasteiger partial charge in [-0.05, 0) is 66.2 Å². The highest BCUT2D eigenvalue weighted by Gasteiger charge is 2.38. The number of hydrogen-bond acceptors (Lipinski definition) is 4. The summed E-state index contributed by atoms with van der Waals surface area (Å²) in [6.07, 6.45) is 5.28.